The summed E-state index contributed by atoms with van der Waals surface area (Å²) < 4.78 is 18.6. The molecule has 0 amide bonds. The highest BCUT2D eigenvalue weighted by molar-refractivity contribution is 5.50. The van der Waals surface area contributed by atoms with Gasteiger partial charge in [0.1, 0.15) is 18.2 Å². The van der Waals surface area contributed by atoms with Crippen LogP contribution >= 0.6 is 0 Å². The van der Waals surface area contributed by atoms with Gasteiger partial charge >= 0.3 is 0 Å². The van der Waals surface area contributed by atoms with Gasteiger partial charge < -0.3 is 10.1 Å². The SMILES string of the molecule is CNCC=Cc1ccc(OCc2cccc(F)c2)cc1. The number of ether oxygens (including phenoxy) is 1. The molecule has 0 saturated heterocycles. The normalized spacial score (nSPS) is 10.9. The number of benzene rings is 2. The van der Waals surface area contributed by atoms with Gasteiger partial charge in [-0.1, -0.05) is 36.4 Å². The standard InChI is InChI=1S/C17H18FNO/c1-19-11-3-5-14-7-9-17(10-8-14)20-13-15-4-2-6-16(18)12-15/h2-10,12,19H,11,13H2,1H3. The molecular formula is C17H18FNO. The number of rotatable bonds is 6. The van der Waals surface area contributed by atoms with Crippen LogP contribution in [0.5, 0.6) is 5.75 Å². The highest BCUT2D eigenvalue weighted by atomic mass is 19.1. The molecule has 2 nitrogen and oxygen atoms in total. The molecule has 0 aliphatic carbocycles. The molecule has 2 rings (SSSR count). The van der Waals surface area contributed by atoms with E-state index in [1.165, 1.54) is 12.1 Å². The van der Waals surface area contributed by atoms with E-state index in [-0.39, 0.29) is 5.82 Å². The van der Waals surface area contributed by atoms with Crippen LogP contribution in [0.1, 0.15) is 11.1 Å². The maximum Gasteiger partial charge on any atom is 0.123 e. The summed E-state index contributed by atoms with van der Waals surface area (Å²) in [6.07, 6.45) is 4.11. The van der Waals surface area contributed by atoms with Crippen LogP contribution in [0.4, 0.5) is 4.39 Å². The van der Waals surface area contributed by atoms with Gasteiger partial charge in [-0.15, -0.1) is 0 Å². The summed E-state index contributed by atoms with van der Waals surface area (Å²) in [7, 11) is 1.91. The second-order valence-electron chi connectivity index (χ2n) is 4.45. The van der Waals surface area contributed by atoms with Crippen molar-refractivity contribution in [2.24, 2.45) is 0 Å². The zero-order chi connectivity index (χ0) is 14.2. The predicted molar refractivity (Wildman–Crippen MR) is 80.1 cm³/mol. The number of hydrogen-bond donors (Lipinski definition) is 1. The Morgan fingerprint density at radius 2 is 1.95 bits per heavy atom. The fourth-order valence-corrected chi connectivity index (χ4v) is 1.78. The Balaban J connectivity index is 1.90. The highest BCUT2D eigenvalue weighted by Crippen LogP contribution is 2.15. The first-order valence-corrected chi connectivity index (χ1v) is 6.56. The van der Waals surface area contributed by atoms with Gasteiger partial charge in [0.05, 0.1) is 0 Å². The van der Waals surface area contributed by atoms with E-state index in [1.54, 1.807) is 6.07 Å². The van der Waals surface area contributed by atoms with Crippen LogP contribution in [-0.4, -0.2) is 13.6 Å². The molecular weight excluding hydrogens is 253 g/mol. The molecule has 1 N–H and O–H groups in total. The van der Waals surface area contributed by atoms with Gasteiger partial charge in [0.2, 0.25) is 0 Å². The lowest BCUT2D eigenvalue weighted by Crippen LogP contribution is -2.03. The minimum atomic E-state index is -0.240. The van der Waals surface area contributed by atoms with E-state index >= 15 is 0 Å². The van der Waals surface area contributed by atoms with Crippen molar-refractivity contribution in [1.82, 2.24) is 5.32 Å². The van der Waals surface area contributed by atoms with E-state index < -0.39 is 0 Å². The van der Waals surface area contributed by atoms with Gasteiger partial charge in [0.15, 0.2) is 0 Å². The van der Waals surface area contributed by atoms with Gasteiger partial charge in [-0.3, -0.25) is 0 Å². The second kappa shape index (κ2) is 7.46. The fraction of sp³-hybridized carbons (Fsp3) is 0.176. The Labute approximate surface area is 118 Å². The molecule has 0 unspecified atom stereocenters. The Morgan fingerprint density at radius 3 is 2.65 bits per heavy atom. The van der Waals surface area contributed by atoms with Crippen LogP contribution in [0.15, 0.2) is 54.6 Å². The van der Waals surface area contributed by atoms with Crippen LogP contribution in [-0.2, 0) is 6.61 Å². The molecule has 0 radical (unpaired) electrons. The number of nitrogens with one attached hydrogen (secondary N) is 1. The van der Waals surface area contributed by atoms with Gasteiger partial charge in [0.25, 0.3) is 0 Å². The highest BCUT2D eigenvalue weighted by Gasteiger charge is 1.97. The first-order valence-electron chi connectivity index (χ1n) is 6.56. The Bertz CT molecular complexity index is 563. The van der Waals surface area contributed by atoms with E-state index in [4.69, 9.17) is 4.74 Å². The molecule has 0 aromatic heterocycles. The van der Waals surface area contributed by atoms with Crippen molar-refractivity contribution in [3.8, 4) is 5.75 Å². The molecule has 3 heteroatoms. The van der Waals surface area contributed by atoms with Crippen molar-refractivity contribution in [2.75, 3.05) is 13.6 Å². The maximum atomic E-state index is 13.0. The first-order chi connectivity index (χ1) is 9.78. The average Bonchev–Trinajstić information content (AvgIpc) is 2.47. The van der Waals surface area contributed by atoms with Crippen molar-refractivity contribution in [1.29, 1.82) is 0 Å². The molecule has 0 spiro atoms. The van der Waals surface area contributed by atoms with E-state index in [1.807, 2.05) is 43.5 Å². The van der Waals surface area contributed by atoms with Crippen LogP contribution in [0.3, 0.4) is 0 Å². The average molecular weight is 271 g/mol. The van der Waals surface area contributed by atoms with Gasteiger partial charge in [0, 0.05) is 6.54 Å². The zero-order valence-corrected chi connectivity index (χ0v) is 11.5. The Hall–Kier alpha value is -2.13. The van der Waals surface area contributed by atoms with Gasteiger partial charge in [-0.25, -0.2) is 4.39 Å². The van der Waals surface area contributed by atoms with Gasteiger partial charge in [-0.05, 0) is 42.4 Å². The summed E-state index contributed by atoms with van der Waals surface area (Å²) in [5.74, 6) is 0.538. The molecule has 2 aromatic rings. The third kappa shape index (κ3) is 4.52. The van der Waals surface area contributed by atoms with Crippen molar-refractivity contribution >= 4 is 6.08 Å². The quantitative estimate of drug-likeness (QED) is 0.866. The molecule has 0 atom stereocenters. The molecule has 0 aliphatic rings. The van der Waals surface area contributed by atoms with Crippen molar-refractivity contribution < 1.29 is 9.13 Å². The lowest BCUT2D eigenvalue weighted by Gasteiger charge is -2.06. The molecule has 0 aliphatic heterocycles. The van der Waals surface area contributed by atoms with Crippen LogP contribution in [0, 0.1) is 5.82 Å². The zero-order valence-electron chi connectivity index (χ0n) is 11.5. The summed E-state index contributed by atoms with van der Waals surface area (Å²) in [6.45, 7) is 1.21. The number of halogens is 1. The topological polar surface area (TPSA) is 21.3 Å². The monoisotopic (exact) mass is 271 g/mol. The largest absolute Gasteiger partial charge is 0.489 e. The predicted octanol–water partition coefficient (Wildman–Crippen LogP) is 3.64. The summed E-state index contributed by atoms with van der Waals surface area (Å²) >= 11 is 0. The van der Waals surface area contributed by atoms with E-state index in [0.29, 0.717) is 6.61 Å². The lowest BCUT2D eigenvalue weighted by atomic mass is 10.2. The van der Waals surface area contributed by atoms with Crippen LogP contribution < -0.4 is 10.1 Å². The summed E-state index contributed by atoms with van der Waals surface area (Å²) in [4.78, 5) is 0. The smallest absolute Gasteiger partial charge is 0.123 e. The van der Waals surface area contributed by atoms with E-state index in [9.17, 15) is 4.39 Å². The lowest BCUT2D eigenvalue weighted by molar-refractivity contribution is 0.305. The number of likely N-dealkylation sites (N-methyl/N-ethyl adjacent to an activating group) is 1. The second-order valence-corrected chi connectivity index (χ2v) is 4.45. The summed E-state index contributed by atoms with van der Waals surface area (Å²) in [5.41, 5.74) is 1.95. The molecule has 104 valence electrons. The maximum absolute atomic E-state index is 13.0. The minimum Gasteiger partial charge on any atom is -0.489 e. The Morgan fingerprint density at radius 1 is 1.15 bits per heavy atom. The third-order valence-corrected chi connectivity index (χ3v) is 2.81. The molecule has 0 fully saturated rings. The third-order valence-electron chi connectivity index (χ3n) is 2.81. The van der Waals surface area contributed by atoms with Crippen molar-refractivity contribution in [2.45, 2.75) is 6.61 Å². The van der Waals surface area contributed by atoms with Crippen molar-refractivity contribution in [3.05, 3.63) is 71.6 Å². The molecule has 0 bridgehead atoms. The summed E-state index contributed by atoms with van der Waals surface area (Å²) in [5, 5.41) is 3.05. The summed E-state index contributed by atoms with van der Waals surface area (Å²) in [6, 6.07) is 14.3. The van der Waals surface area contributed by atoms with Crippen molar-refractivity contribution in [3.63, 3.8) is 0 Å². The van der Waals surface area contributed by atoms with E-state index in [2.05, 4.69) is 11.4 Å². The van der Waals surface area contributed by atoms with Gasteiger partial charge in [-0.2, -0.15) is 0 Å². The number of hydrogen-bond acceptors (Lipinski definition) is 2. The molecule has 2 aromatic carbocycles. The van der Waals surface area contributed by atoms with Crippen LogP contribution in [0.25, 0.3) is 6.08 Å². The van der Waals surface area contributed by atoms with Crippen LogP contribution in [0.2, 0.25) is 0 Å². The molecule has 0 heterocycles. The minimum absolute atomic E-state index is 0.240. The Kier molecular flexibility index (Phi) is 5.33. The molecule has 0 saturated carbocycles. The van der Waals surface area contributed by atoms with E-state index in [0.717, 1.165) is 23.4 Å². The fourth-order valence-electron chi connectivity index (χ4n) is 1.78. The molecule has 20 heavy (non-hydrogen) atoms. The first kappa shape index (κ1) is 14.3.